The van der Waals surface area contributed by atoms with Gasteiger partial charge in [0, 0.05) is 39.0 Å². The van der Waals surface area contributed by atoms with E-state index in [1.54, 1.807) is 25.1 Å². The molecule has 0 aliphatic heterocycles. The van der Waals surface area contributed by atoms with Crippen molar-refractivity contribution in [3.05, 3.63) is 106 Å². The summed E-state index contributed by atoms with van der Waals surface area (Å²) >= 11 is 3.43. The van der Waals surface area contributed by atoms with Gasteiger partial charge in [0.15, 0.2) is 5.16 Å². The van der Waals surface area contributed by atoms with Crippen molar-refractivity contribution < 1.29 is 31.8 Å². The molecule has 45 heavy (non-hydrogen) atoms. The predicted octanol–water partition coefficient (Wildman–Crippen LogP) is 8.52. The monoisotopic (exact) mass is 754 g/mol. The highest BCUT2D eigenvalue weighted by Gasteiger charge is 2.39. The van der Waals surface area contributed by atoms with Crippen molar-refractivity contribution in [2.45, 2.75) is 49.4 Å². The number of fused-ring (bicyclic) bond motifs is 1. The normalized spacial score (nSPS) is 16.2. The summed E-state index contributed by atoms with van der Waals surface area (Å²) in [6.07, 6.45) is 2.38. The first-order valence-electron chi connectivity index (χ1n) is 14.8. The van der Waals surface area contributed by atoms with Crippen LogP contribution < -0.4 is 4.74 Å². The van der Waals surface area contributed by atoms with Crippen molar-refractivity contribution in [3.8, 4) is 11.4 Å². The molecule has 5 rings (SSSR count). The fourth-order valence-electron chi connectivity index (χ4n) is 5.64. The van der Waals surface area contributed by atoms with E-state index in [9.17, 15) is 8.78 Å². The van der Waals surface area contributed by atoms with Gasteiger partial charge in [-0.2, -0.15) is 0 Å². The molecule has 0 fully saturated rings. The van der Waals surface area contributed by atoms with Gasteiger partial charge in [-0.1, -0.05) is 46.5 Å². The molecule has 240 valence electrons. The number of aryl methyl sites for hydroxylation is 2. The molecule has 1 heterocycles. The number of nitrogens with zero attached hydrogens (tertiary/aromatic N) is 2. The van der Waals surface area contributed by atoms with Crippen molar-refractivity contribution >= 4 is 34.4 Å². The van der Waals surface area contributed by atoms with Crippen molar-refractivity contribution in [2.75, 3.05) is 37.5 Å². The molecule has 11 heteroatoms. The Kier molecular flexibility index (Phi) is 11.5. The smallest absolute Gasteiger partial charge is 0.173 e. The van der Waals surface area contributed by atoms with Gasteiger partial charge in [0.25, 0.3) is 0 Å². The molecule has 1 atom stereocenters. The van der Waals surface area contributed by atoms with Crippen LogP contribution >= 0.6 is 34.4 Å². The fourth-order valence-corrected chi connectivity index (χ4v) is 7.00. The van der Waals surface area contributed by atoms with Crippen LogP contribution in [0.1, 0.15) is 47.8 Å². The first-order valence-corrected chi connectivity index (χ1v) is 17.3. The minimum atomic E-state index is -0.720. The number of hydrogen-bond acceptors (Lipinski definition) is 5. The number of imidazole rings is 1. The summed E-state index contributed by atoms with van der Waals surface area (Å²) in [6, 6.07) is 13.6. The molecule has 1 unspecified atom stereocenters. The zero-order valence-corrected chi connectivity index (χ0v) is 28.2. The van der Waals surface area contributed by atoms with Crippen molar-refractivity contribution in [3.63, 3.8) is 0 Å². The van der Waals surface area contributed by atoms with Crippen LogP contribution in [0.4, 0.5) is 17.6 Å². The van der Waals surface area contributed by atoms with Crippen LogP contribution in [0.5, 0.6) is 5.75 Å². The number of benzene rings is 3. The lowest BCUT2D eigenvalue weighted by Gasteiger charge is -2.36. The number of rotatable bonds is 14. The minimum absolute atomic E-state index is 0.0261. The van der Waals surface area contributed by atoms with Gasteiger partial charge in [0.2, 0.25) is 0 Å². The van der Waals surface area contributed by atoms with Gasteiger partial charge < -0.3 is 14.2 Å². The first kappa shape index (κ1) is 33.7. The Hall–Kier alpha value is -2.61. The Morgan fingerprint density at radius 3 is 2.27 bits per heavy atom. The summed E-state index contributed by atoms with van der Waals surface area (Å²) in [7, 11) is 0. The Morgan fingerprint density at radius 2 is 1.58 bits per heavy atom. The molecule has 0 saturated heterocycles. The predicted molar refractivity (Wildman–Crippen MR) is 176 cm³/mol. The molecule has 0 spiro atoms. The third-order valence-electron chi connectivity index (χ3n) is 7.96. The molecule has 5 nitrogen and oxygen atoms in total. The maximum Gasteiger partial charge on any atom is 0.173 e. The minimum Gasteiger partial charge on any atom is -0.491 e. The molecule has 0 radical (unpaired) electrons. The molecule has 0 N–H and O–H groups in total. The van der Waals surface area contributed by atoms with Gasteiger partial charge in [-0.3, -0.25) is 4.57 Å². The third-order valence-corrected chi connectivity index (χ3v) is 9.37. The summed E-state index contributed by atoms with van der Waals surface area (Å²) in [4.78, 5) is 4.95. The highest BCUT2D eigenvalue weighted by Crippen LogP contribution is 2.46. The lowest BCUT2D eigenvalue weighted by atomic mass is 9.71. The number of ether oxygens (including phenoxy) is 3. The van der Waals surface area contributed by atoms with Gasteiger partial charge in [-0.25, -0.2) is 22.5 Å². The Labute approximate surface area is 278 Å². The van der Waals surface area contributed by atoms with E-state index in [0.717, 1.165) is 40.6 Å². The maximum atomic E-state index is 15.2. The quantitative estimate of drug-likeness (QED) is 0.0425. The number of halogens is 5. The molecule has 0 saturated carbocycles. The number of hydrogen-bond donors (Lipinski definition) is 0. The van der Waals surface area contributed by atoms with Crippen LogP contribution in [0.2, 0.25) is 0 Å². The van der Waals surface area contributed by atoms with Crippen molar-refractivity contribution in [2.24, 2.45) is 0 Å². The number of alkyl halides is 1. The highest BCUT2D eigenvalue weighted by molar-refractivity contribution is 14.1. The van der Waals surface area contributed by atoms with Crippen LogP contribution in [-0.4, -0.2) is 47.0 Å². The summed E-state index contributed by atoms with van der Waals surface area (Å²) in [5.41, 5.74) is 3.34. The molecule has 0 amide bonds. The summed E-state index contributed by atoms with van der Waals surface area (Å²) in [5, 5.41) is 0.539. The molecule has 0 bridgehead atoms. The van der Waals surface area contributed by atoms with Gasteiger partial charge in [0.05, 0.1) is 37.8 Å². The van der Waals surface area contributed by atoms with Crippen molar-refractivity contribution in [1.82, 2.24) is 9.55 Å². The van der Waals surface area contributed by atoms with E-state index in [2.05, 4.69) is 29.5 Å². The Morgan fingerprint density at radius 1 is 0.889 bits per heavy atom. The second kappa shape index (κ2) is 15.3. The molecule has 4 aromatic rings. The third kappa shape index (κ3) is 7.86. The van der Waals surface area contributed by atoms with Crippen LogP contribution in [0.3, 0.4) is 0 Å². The van der Waals surface area contributed by atoms with Crippen LogP contribution in [0.15, 0.2) is 59.8 Å². The first-order chi connectivity index (χ1) is 21.7. The average molecular weight is 755 g/mol. The van der Waals surface area contributed by atoms with Crippen LogP contribution in [0, 0.1) is 30.2 Å². The van der Waals surface area contributed by atoms with Gasteiger partial charge in [-0.05, 0) is 74.6 Å². The summed E-state index contributed by atoms with van der Waals surface area (Å²) < 4.78 is 77.7. The van der Waals surface area contributed by atoms with Crippen LogP contribution in [0.25, 0.3) is 5.69 Å². The van der Waals surface area contributed by atoms with Crippen LogP contribution in [-0.2, 0) is 27.1 Å². The molecular weight excluding hydrogens is 719 g/mol. The Bertz CT molecular complexity index is 1590. The lowest BCUT2D eigenvalue weighted by molar-refractivity contribution is 0.0416. The SMILES string of the molecule is Cc1cc(C2(C)CCCc3nc(SCc4c(F)cc(OCCOCCOCCI)cc4F)n(-c4ccc(F)cc4)c32)ccc1F. The fraction of sp³-hybridized carbons (Fsp3) is 0.382. The van der Waals surface area contributed by atoms with Crippen molar-refractivity contribution in [1.29, 1.82) is 0 Å². The summed E-state index contributed by atoms with van der Waals surface area (Å²) in [6.45, 7) is 5.81. The maximum absolute atomic E-state index is 15.2. The second-order valence-corrected chi connectivity index (χ2v) is 13.1. The van der Waals surface area contributed by atoms with Gasteiger partial charge in [-0.15, -0.1) is 0 Å². The molecule has 1 aromatic heterocycles. The topological polar surface area (TPSA) is 45.5 Å². The van der Waals surface area contributed by atoms with Gasteiger partial charge >= 0.3 is 0 Å². The van der Waals surface area contributed by atoms with E-state index >= 15 is 8.78 Å². The average Bonchev–Trinajstić information content (AvgIpc) is 3.39. The van der Waals surface area contributed by atoms with E-state index in [1.165, 1.54) is 42.1 Å². The molecule has 1 aliphatic rings. The van der Waals surface area contributed by atoms with E-state index in [4.69, 9.17) is 19.2 Å². The molecule has 1 aliphatic carbocycles. The second-order valence-electron chi connectivity index (χ2n) is 11.1. The standard InChI is InChI=1S/C34H35F4IN2O3S/c1-22-18-23(5-10-28(22)36)34(2)11-3-4-31-32(34)41(25-8-6-24(35)7-9-25)33(40-31)45-21-27-29(37)19-26(20-30(27)38)44-17-16-43-15-14-42-13-12-39/h5-10,18-20H,3-4,11-17,21H2,1-2H3. The van der Waals surface area contributed by atoms with Gasteiger partial charge in [0.1, 0.15) is 35.6 Å². The highest BCUT2D eigenvalue weighted by atomic mass is 127. The largest absolute Gasteiger partial charge is 0.491 e. The number of aromatic nitrogens is 2. The lowest BCUT2D eigenvalue weighted by Crippen LogP contribution is -2.31. The zero-order valence-electron chi connectivity index (χ0n) is 25.2. The molecule has 3 aromatic carbocycles. The molecular formula is C34H35F4IN2O3S. The zero-order chi connectivity index (χ0) is 32.0. The number of thioether (sulfide) groups is 1. The van der Waals surface area contributed by atoms with E-state index in [0.29, 0.717) is 36.2 Å². The Balaban J connectivity index is 1.38. The van der Waals surface area contributed by atoms with E-state index < -0.39 is 17.0 Å². The van der Waals surface area contributed by atoms with E-state index in [1.807, 2.05) is 10.6 Å². The summed E-state index contributed by atoms with van der Waals surface area (Å²) in [5.74, 6) is -2.04. The van der Waals surface area contributed by atoms with E-state index in [-0.39, 0.29) is 41.9 Å².